The summed E-state index contributed by atoms with van der Waals surface area (Å²) in [4.78, 5) is 4.09. The lowest BCUT2D eigenvalue weighted by atomic mass is 10.1. The Bertz CT molecular complexity index is 362. The van der Waals surface area contributed by atoms with Gasteiger partial charge in [0.05, 0.1) is 6.61 Å². The van der Waals surface area contributed by atoms with Crippen LogP contribution in [0.25, 0.3) is 0 Å². The minimum absolute atomic E-state index is 0.0879. The summed E-state index contributed by atoms with van der Waals surface area (Å²) in [5.41, 5.74) is 0.770. The third kappa shape index (κ3) is 5.52. The molecule has 1 atom stereocenters. The molecule has 1 rings (SSSR count). The molecule has 19 heavy (non-hydrogen) atoms. The van der Waals surface area contributed by atoms with Gasteiger partial charge in [-0.3, -0.25) is 4.98 Å². The smallest absolute Gasteiger partial charge is 0.330 e. The Morgan fingerprint density at radius 3 is 2.63 bits per heavy atom. The summed E-state index contributed by atoms with van der Waals surface area (Å²) in [7, 11) is 1.64. The monoisotopic (exact) mass is 280 g/mol. The summed E-state index contributed by atoms with van der Waals surface area (Å²) in [6.07, 6.45) is -1.62. The summed E-state index contributed by atoms with van der Waals surface area (Å²) in [5, 5.41) is 2.87. The van der Waals surface area contributed by atoms with E-state index in [0.29, 0.717) is 6.42 Å². The van der Waals surface area contributed by atoms with Crippen molar-refractivity contribution in [1.29, 1.82) is 0 Å². The van der Waals surface area contributed by atoms with Crippen LogP contribution < -0.4 is 5.32 Å². The minimum atomic E-state index is -4.11. The molecule has 0 radical (unpaired) electrons. The highest BCUT2D eigenvalue weighted by atomic mass is 19.3. The molecule has 0 aliphatic heterocycles. The van der Waals surface area contributed by atoms with Crippen molar-refractivity contribution in [1.82, 2.24) is 10.3 Å². The van der Waals surface area contributed by atoms with Gasteiger partial charge < -0.3 is 10.1 Å². The molecule has 1 unspecified atom stereocenters. The number of hydrogen-bond donors (Lipinski definition) is 1. The second kappa shape index (κ2) is 7.40. The second-order valence-electron chi connectivity index (χ2n) is 4.09. The molecule has 3 nitrogen and oxygen atoms in total. The van der Waals surface area contributed by atoms with Gasteiger partial charge in [-0.1, -0.05) is 6.07 Å². The van der Waals surface area contributed by atoms with Gasteiger partial charge in [0.2, 0.25) is 0 Å². The van der Waals surface area contributed by atoms with Gasteiger partial charge in [-0.15, -0.1) is 0 Å². The molecule has 0 bridgehead atoms. The van der Waals surface area contributed by atoms with Gasteiger partial charge in [-0.05, 0) is 19.2 Å². The minimum Gasteiger partial charge on any atom is -0.373 e. The molecule has 0 saturated carbocycles. The van der Waals surface area contributed by atoms with Crippen molar-refractivity contribution in [3.8, 4) is 0 Å². The lowest BCUT2D eigenvalue weighted by Crippen LogP contribution is -2.37. The molecule has 0 saturated heterocycles. The number of hydrogen-bond acceptors (Lipinski definition) is 3. The van der Waals surface area contributed by atoms with Crippen LogP contribution in [0, 0.1) is 0 Å². The fourth-order valence-corrected chi connectivity index (χ4v) is 1.42. The van der Waals surface area contributed by atoms with E-state index in [0.717, 1.165) is 5.69 Å². The summed E-state index contributed by atoms with van der Waals surface area (Å²) in [6, 6.07) is 5.10. The first-order valence-electron chi connectivity index (χ1n) is 5.76. The number of halogens is 4. The number of likely N-dealkylation sites (N-methyl/N-ethyl adjacent to an activating group) is 1. The first-order valence-corrected chi connectivity index (χ1v) is 5.76. The van der Waals surface area contributed by atoms with E-state index in [2.05, 4.69) is 15.0 Å². The van der Waals surface area contributed by atoms with E-state index < -0.39 is 19.0 Å². The maximum absolute atomic E-state index is 12.6. The zero-order chi connectivity index (χ0) is 14.3. The van der Waals surface area contributed by atoms with Crippen molar-refractivity contribution < 1.29 is 22.3 Å². The Morgan fingerprint density at radius 2 is 2.11 bits per heavy atom. The van der Waals surface area contributed by atoms with Gasteiger partial charge in [-0.25, -0.2) is 8.78 Å². The van der Waals surface area contributed by atoms with Crippen LogP contribution in [0.1, 0.15) is 5.69 Å². The summed E-state index contributed by atoms with van der Waals surface area (Å²) in [5.74, 6) is -4.11. The molecular weight excluding hydrogens is 264 g/mol. The Hall–Kier alpha value is -1.21. The van der Waals surface area contributed by atoms with Gasteiger partial charge in [0.25, 0.3) is 0 Å². The molecular formula is C12H16F4N2O. The number of pyridine rings is 1. The lowest BCUT2D eigenvalue weighted by molar-refractivity contribution is -0.166. The van der Waals surface area contributed by atoms with Crippen molar-refractivity contribution >= 4 is 0 Å². The van der Waals surface area contributed by atoms with Crippen molar-refractivity contribution in [2.75, 3.05) is 20.3 Å². The second-order valence-corrected chi connectivity index (χ2v) is 4.09. The van der Waals surface area contributed by atoms with Crippen molar-refractivity contribution in [2.45, 2.75) is 24.8 Å². The van der Waals surface area contributed by atoms with E-state index in [1.807, 2.05) is 0 Å². The van der Waals surface area contributed by atoms with Crippen LogP contribution in [-0.2, 0) is 11.2 Å². The van der Waals surface area contributed by atoms with Crippen molar-refractivity contribution in [3.05, 3.63) is 30.1 Å². The van der Waals surface area contributed by atoms with Gasteiger partial charge in [0.1, 0.15) is 6.61 Å². The summed E-state index contributed by atoms with van der Waals surface area (Å²) >= 11 is 0. The summed E-state index contributed by atoms with van der Waals surface area (Å²) in [6.45, 7) is -1.37. The zero-order valence-electron chi connectivity index (χ0n) is 10.5. The third-order valence-corrected chi connectivity index (χ3v) is 2.52. The maximum Gasteiger partial charge on any atom is 0.330 e. The highest BCUT2D eigenvalue weighted by Crippen LogP contribution is 2.22. The first-order chi connectivity index (χ1) is 8.95. The molecule has 0 aromatic carbocycles. The van der Waals surface area contributed by atoms with Crippen LogP contribution in [-0.4, -0.2) is 43.6 Å². The molecule has 1 N–H and O–H groups in total. The van der Waals surface area contributed by atoms with Gasteiger partial charge >= 0.3 is 12.3 Å². The number of rotatable bonds is 8. The Labute approximate surface area is 109 Å². The van der Waals surface area contributed by atoms with E-state index in [4.69, 9.17) is 0 Å². The topological polar surface area (TPSA) is 34.1 Å². The Morgan fingerprint density at radius 1 is 1.37 bits per heavy atom. The third-order valence-electron chi connectivity index (χ3n) is 2.52. The fourth-order valence-electron chi connectivity index (χ4n) is 1.42. The van der Waals surface area contributed by atoms with E-state index >= 15 is 0 Å². The van der Waals surface area contributed by atoms with Crippen LogP contribution in [0.4, 0.5) is 17.6 Å². The van der Waals surface area contributed by atoms with E-state index in [1.165, 1.54) is 0 Å². The average Bonchev–Trinajstić information content (AvgIpc) is 2.38. The predicted molar refractivity (Wildman–Crippen MR) is 62.6 cm³/mol. The van der Waals surface area contributed by atoms with E-state index in [1.54, 1.807) is 31.4 Å². The standard InChI is InChI=1S/C12H16F4N2O/c1-17-10(6-9-4-2-3-5-18-9)7-19-8-12(15,16)11(13)14/h2-5,10-11,17H,6-8H2,1H3. The Balaban J connectivity index is 2.38. The number of alkyl halides is 4. The quantitative estimate of drug-likeness (QED) is 0.741. The van der Waals surface area contributed by atoms with Crippen LogP contribution >= 0.6 is 0 Å². The fraction of sp³-hybridized carbons (Fsp3) is 0.583. The van der Waals surface area contributed by atoms with Gasteiger partial charge in [-0.2, -0.15) is 8.78 Å². The first kappa shape index (κ1) is 15.8. The molecule has 0 spiro atoms. The molecule has 0 amide bonds. The summed E-state index contributed by atoms with van der Waals surface area (Å²) < 4.78 is 53.7. The number of aromatic nitrogens is 1. The van der Waals surface area contributed by atoms with E-state index in [9.17, 15) is 17.6 Å². The van der Waals surface area contributed by atoms with Crippen LogP contribution in [0.3, 0.4) is 0 Å². The van der Waals surface area contributed by atoms with Crippen molar-refractivity contribution in [3.63, 3.8) is 0 Å². The maximum atomic E-state index is 12.6. The molecule has 0 fully saturated rings. The highest BCUT2D eigenvalue weighted by molar-refractivity contribution is 5.05. The van der Waals surface area contributed by atoms with Crippen LogP contribution in [0.5, 0.6) is 0 Å². The number of ether oxygens (including phenoxy) is 1. The molecule has 0 aliphatic rings. The molecule has 0 aliphatic carbocycles. The average molecular weight is 280 g/mol. The molecule has 1 aromatic rings. The highest BCUT2D eigenvalue weighted by Gasteiger charge is 2.41. The number of nitrogens with zero attached hydrogens (tertiary/aromatic N) is 1. The van der Waals surface area contributed by atoms with Gasteiger partial charge in [0, 0.05) is 24.4 Å². The lowest BCUT2D eigenvalue weighted by Gasteiger charge is -2.19. The normalized spacial score (nSPS) is 13.8. The SMILES string of the molecule is CNC(COCC(F)(F)C(F)F)Cc1ccccn1. The molecule has 1 aromatic heterocycles. The molecule has 1 heterocycles. The number of nitrogens with one attached hydrogen (secondary N) is 1. The zero-order valence-corrected chi connectivity index (χ0v) is 10.5. The van der Waals surface area contributed by atoms with E-state index in [-0.39, 0.29) is 12.6 Å². The molecule has 7 heteroatoms. The molecule has 108 valence electrons. The predicted octanol–water partition coefficient (Wildman–Crippen LogP) is 2.13. The largest absolute Gasteiger partial charge is 0.373 e. The van der Waals surface area contributed by atoms with Crippen molar-refractivity contribution in [2.24, 2.45) is 0 Å². The Kier molecular flexibility index (Phi) is 6.17. The van der Waals surface area contributed by atoms with Gasteiger partial charge in [0.15, 0.2) is 0 Å². The van der Waals surface area contributed by atoms with Crippen LogP contribution in [0.15, 0.2) is 24.4 Å². The van der Waals surface area contributed by atoms with Crippen LogP contribution in [0.2, 0.25) is 0 Å².